The van der Waals surface area contributed by atoms with Gasteiger partial charge in [0.2, 0.25) is 5.91 Å². The average Bonchev–Trinajstić information content (AvgIpc) is 2.21. The fraction of sp³-hybridized carbons (Fsp3) is 0.917. The first-order chi connectivity index (χ1) is 7.70. The molecular weight excluding hydrogens is 204 g/mol. The van der Waals surface area contributed by atoms with Crippen molar-refractivity contribution in [2.75, 3.05) is 19.7 Å². The minimum Gasteiger partial charge on any atom is -0.395 e. The molecule has 1 aliphatic rings. The summed E-state index contributed by atoms with van der Waals surface area (Å²) < 4.78 is 0. The van der Waals surface area contributed by atoms with Gasteiger partial charge in [-0.25, -0.2) is 0 Å². The van der Waals surface area contributed by atoms with E-state index >= 15 is 0 Å². The second kappa shape index (κ2) is 6.86. The van der Waals surface area contributed by atoms with Crippen molar-refractivity contribution in [1.82, 2.24) is 4.90 Å². The third kappa shape index (κ3) is 3.46. The maximum absolute atomic E-state index is 12.1. The zero-order valence-electron chi connectivity index (χ0n) is 10.2. The fourth-order valence-corrected chi connectivity index (χ4v) is 2.11. The number of aliphatic hydroxyl groups excluding tert-OH is 1. The minimum atomic E-state index is 0.0377. The molecule has 0 aromatic rings. The van der Waals surface area contributed by atoms with Crippen LogP contribution in [0.1, 0.15) is 39.0 Å². The summed E-state index contributed by atoms with van der Waals surface area (Å²) in [7, 11) is 0. The molecule has 0 bridgehead atoms. The van der Waals surface area contributed by atoms with Crippen LogP contribution in [0, 0.1) is 5.92 Å². The van der Waals surface area contributed by atoms with Gasteiger partial charge in [0.15, 0.2) is 0 Å². The molecule has 1 atom stereocenters. The van der Waals surface area contributed by atoms with Crippen LogP contribution in [0.25, 0.3) is 0 Å². The number of carbonyl (C=O) groups excluding carboxylic acids is 1. The van der Waals surface area contributed by atoms with Crippen LogP contribution < -0.4 is 5.73 Å². The van der Waals surface area contributed by atoms with Crippen LogP contribution in [-0.2, 0) is 4.79 Å². The molecule has 1 aliphatic carbocycles. The van der Waals surface area contributed by atoms with Gasteiger partial charge in [-0.2, -0.15) is 0 Å². The van der Waals surface area contributed by atoms with E-state index < -0.39 is 0 Å². The summed E-state index contributed by atoms with van der Waals surface area (Å²) in [4.78, 5) is 14.0. The Morgan fingerprint density at radius 1 is 1.56 bits per heavy atom. The highest BCUT2D eigenvalue weighted by Gasteiger charge is 2.30. The lowest BCUT2D eigenvalue weighted by atomic mass is 9.90. The monoisotopic (exact) mass is 228 g/mol. The zero-order valence-corrected chi connectivity index (χ0v) is 10.2. The van der Waals surface area contributed by atoms with Crippen LogP contribution >= 0.6 is 0 Å². The Balaban J connectivity index is 2.45. The van der Waals surface area contributed by atoms with Gasteiger partial charge in [0.25, 0.3) is 0 Å². The van der Waals surface area contributed by atoms with Crippen molar-refractivity contribution in [3.8, 4) is 0 Å². The first kappa shape index (κ1) is 13.5. The summed E-state index contributed by atoms with van der Waals surface area (Å²) in [5.74, 6) is 0.225. The summed E-state index contributed by atoms with van der Waals surface area (Å²) >= 11 is 0. The fourth-order valence-electron chi connectivity index (χ4n) is 2.11. The van der Waals surface area contributed by atoms with E-state index in [1.165, 1.54) is 6.42 Å². The molecule has 3 N–H and O–H groups in total. The Labute approximate surface area is 97.8 Å². The number of rotatable bonds is 7. The molecule has 4 nitrogen and oxygen atoms in total. The summed E-state index contributed by atoms with van der Waals surface area (Å²) in [5, 5.41) is 9.00. The van der Waals surface area contributed by atoms with Gasteiger partial charge in [-0.05, 0) is 38.6 Å². The molecule has 1 saturated carbocycles. The van der Waals surface area contributed by atoms with Crippen LogP contribution in [0.2, 0.25) is 0 Å². The Morgan fingerprint density at radius 3 is 2.69 bits per heavy atom. The van der Waals surface area contributed by atoms with Crippen molar-refractivity contribution in [1.29, 1.82) is 0 Å². The molecule has 0 aromatic carbocycles. The highest BCUT2D eigenvalue weighted by atomic mass is 16.3. The highest BCUT2D eigenvalue weighted by molar-refractivity contribution is 5.78. The number of hydrogen-bond donors (Lipinski definition) is 2. The van der Waals surface area contributed by atoms with Crippen molar-refractivity contribution in [3.63, 3.8) is 0 Å². The first-order valence-electron chi connectivity index (χ1n) is 6.32. The van der Waals surface area contributed by atoms with Crippen LogP contribution in [0.3, 0.4) is 0 Å². The zero-order chi connectivity index (χ0) is 12.0. The van der Waals surface area contributed by atoms with Crippen molar-refractivity contribution in [2.24, 2.45) is 11.7 Å². The van der Waals surface area contributed by atoms with E-state index in [1.54, 1.807) is 0 Å². The quantitative estimate of drug-likeness (QED) is 0.675. The predicted octanol–water partition coefficient (Wildman–Crippen LogP) is 0.735. The Bertz CT molecular complexity index is 217. The van der Waals surface area contributed by atoms with E-state index in [0.29, 0.717) is 19.1 Å². The SMILES string of the molecule is CC(CCCN)C(=O)N(CCO)C1CCC1. The normalized spacial score (nSPS) is 17.9. The van der Waals surface area contributed by atoms with E-state index in [9.17, 15) is 4.79 Å². The number of carbonyl (C=O) groups is 1. The standard InChI is InChI=1S/C12H24N2O2/c1-10(4-3-7-13)12(16)14(8-9-15)11-5-2-6-11/h10-11,15H,2-9,13H2,1H3. The molecule has 1 amide bonds. The second-order valence-electron chi connectivity index (χ2n) is 4.67. The van der Waals surface area contributed by atoms with Gasteiger partial charge in [-0.1, -0.05) is 6.92 Å². The molecule has 0 spiro atoms. The van der Waals surface area contributed by atoms with E-state index in [-0.39, 0.29) is 18.4 Å². The van der Waals surface area contributed by atoms with E-state index in [2.05, 4.69) is 0 Å². The summed E-state index contributed by atoms with van der Waals surface area (Å²) in [6, 6.07) is 0.375. The Morgan fingerprint density at radius 2 is 2.25 bits per heavy atom. The Hall–Kier alpha value is -0.610. The molecule has 0 aromatic heterocycles. The molecule has 0 radical (unpaired) electrons. The number of hydrogen-bond acceptors (Lipinski definition) is 3. The smallest absolute Gasteiger partial charge is 0.225 e. The van der Waals surface area contributed by atoms with Gasteiger partial charge in [-0.3, -0.25) is 4.79 Å². The third-order valence-electron chi connectivity index (χ3n) is 3.40. The lowest BCUT2D eigenvalue weighted by Crippen LogP contribution is -2.47. The maximum Gasteiger partial charge on any atom is 0.225 e. The van der Waals surface area contributed by atoms with Crippen molar-refractivity contribution in [3.05, 3.63) is 0 Å². The molecule has 94 valence electrons. The largest absolute Gasteiger partial charge is 0.395 e. The molecule has 1 rings (SSSR count). The highest BCUT2D eigenvalue weighted by Crippen LogP contribution is 2.26. The molecular formula is C12H24N2O2. The maximum atomic E-state index is 12.1. The van der Waals surface area contributed by atoms with Crippen LogP contribution in [-0.4, -0.2) is 41.7 Å². The third-order valence-corrected chi connectivity index (χ3v) is 3.40. The van der Waals surface area contributed by atoms with Crippen LogP contribution in [0.5, 0.6) is 0 Å². The van der Waals surface area contributed by atoms with E-state index in [0.717, 1.165) is 25.7 Å². The van der Waals surface area contributed by atoms with Gasteiger partial charge in [0, 0.05) is 18.5 Å². The van der Waals surface area contributed by atoms with E-state index in [1.807, 2.05) is 11.8 Å². The summed E-state index contributed by atoms with van der Waals surface area (Å²) in [6.07, 6.45) is 5.14. The van der Waals surface area contributed by atoms with Crippen molar-refractivity contribution >= 4 is 5.91 Å². The molecule has 4 heteroatoms. The van der Waals surface area contributed by atoms with Crippen LogP contribution in [0.4, 0.5) is 0 Å². The van der Waals surface area contributed by atoms with Gasteiger partial charge in [0.1, 0.15) is 0 Å². The van der Waals surface area contributed by atoms with Crippen molar-refractivity contribution < 1.29 is 9.90 Å². The second-order valence-corrected chi connectivity index (χ2v) is 4.67. The predicted molar refractivity (Wildman–Crippen MR) is 63.9 cm³/mol. The van der Waals surface area contributed by atoms with Gasteiger partial charge in [-0.15, -0.1) is 0 Å². The molecule has 1 unspecified atom stereocenters. The number of amides is 1. The van der Waals surface area contributed by atoms with Gasteiger partial charge in [0.05, 0.1) is 6.61 Å². The molecule has 0 saturated heterocycles. The van der Waals surface area contributed by atoms with Crippen molar-refractivity contribution in [2.45, 2.75) is 45.1 Å². The van der Waals surface area contributed by atoms with Gasteiger partial charge < -0.3 is 15.7 Å². The number of aliphatic hydroxyl groups is 1. The van der Waals surface area contributed by atoms with E-state index in [4.69, 9.17) is 10.8 Å². The molecule has 16 heavy (non-hydrogen) atoms. The lowest BCUT2D eigenvalue weighted by molar-refractivity contribution is -0.140. The summed E-state index contributed by atoms with van der Waals surface area (Å²) in [5.41, 5.74) is 5.44. The average molecular weight is 228 g/mol. The Kier molecular flexibility index (Phi) is 5.77. The minimum absolute atomic E-state index is 0.0377. The summed E-state index contributed by atoms with van der Waals surface area (Å²) in [6.45, 7) is 3.14. The van der Waals surface area contributed by atoms with Crippen LogP contribution in [0.15, 0.2) is 0 Å². The molecule has 0 heterocycles. The number of nitrogens with zero attached hydrogens (tertiary/aromatic N) is 1. The lowest BCUT2D eigenvalue weighted by Gasteiger charge is -2.38. The number of nitrogens with two attached hydrogens (primary N) is 1. The molecule has 0 aliphatic heterocycles. The first-order valence-corrected chi connectivity index (χ1v) is 6.32. The molecule has 1 fully saturated rings. The topological polar surface area (TPSA) is 66.6 Å². The van der Waals surface area contributed by atoms with Gasteiger partial charge >= 0.3 is 0 Å².